The number of aliphatic hydroxyl groups is 1. The number of phenols is 1. The Bertz CT molecular complexity index is 441. The van der Waals surface area contributed by atoms with Crippen molar-refractivity contribution in [3.05, 3.63) is 29.3 Å². The van der Waals surface area contributed by atoms with E-state index in [-0.39, 0.29) is 16.7 Å². The van der Waals surface area contributed by atoms with E-state index in [0.29, 0.717) is 0 Å². The molecule has 1 aromatic carbocycles. The molecule has 1 unspecified atom stereocenters. The van der Waals surface area contributed by atoms with Gasteiger partial charge < -0.3 is 15.3 Å². The van der Waals surface area contributed by atoms with Gasteiger partial charge in [0.2, 0.25) is 0 Å². The van der Waals surface area contributed by atoms with Crippen molar-refractivity contribution in [2.45, 2.75) is 38.7 Å². The van der Waals surface area contributed by atoms with Gasteiger partial charge in [-0.15, -0.1) is 0 Å². The van der Waals surface area contributed by atoms with Gasteiger partial charge in [0, 0.05) is 5.56 Å². The Kier molecular flexibility index (Phi) is 3.21. The maximum Gasteiger partial charge on any atom is 0.340 e. The molecule has 3 N–H and O–H groups in total. The second-order valence-electron chi connectivity index (χ2n) is 5.36. The summed E-state index contributed by atoms with van der Waals surface area (Å²) in [5.41, 5.74) is -1.36. The fourth-order valence-corrected chi connectivity index (χ4v) is 1.53. The largest absolute Gasteiger partial charge is 0.508 e. The second kappa shape index (κ2) is 4.04. The first kappa shape index (κ1) is 13.5. The molecule has 1 aromatic rings. The van der Waals surface area contributed by atoms with Crippen LogP contribution in [0.5, 0.6) is 5.75 Å². The minimum absolute atomic E-state index is 0.00185. The number of aromatic hydroxyl groups is 1. The molecule has 0 radical (unpaired) electrons. The quantitative estimate of drug-likeness (QED) is 0.736. The van der Waals surface area contributed by atoms with Crippen molar-refractivity contribution in [3.63, 3.8) is 0 Å². The van der Waals surface area contributed by atoms with E-state index in [4.69, 9.17) is 5.11 Å². The van der Waals surface area contributed by atoms with Crippen molar-refractivity contribution >= 4 is 5.97 Å². The highest BCUT2D eigenvalue weighted by atomic mass is 16.4. The summed E-state index contributed by atoms with van der Waals surface area (Å²) in [5.74, 6) is -1.60. The van der Waals surface area contributed by atoms with E-state index >= 15 is 0 Å². The van der Waals surface area contributed by atoms with Crippen LogP contribution in [0.4, 0.5) is 0 Å². The highest BCUT2D eigenvalue weighted by Gasteiger charge is 2.35. The Morgan fingerprint density at radius 2 is 1.71 bits per heavy atom. The van der Waals surface area contributed by atoms with Crippen LogP contribution in [0.25, 0.3) is 0 Å². The average Bonchev–Trinajstić information content (AvgIpc) is 2.15. The lowest BCUT2D eigenvalue weighted by molar-refractivity contribution is -0.157. The molecule has 0 spiro atoms. The van der Waals surface area contributed by atoms with Gasteiger partial charge in [0.15, 0.2) is 5.60 Å². The summed E-state index contributed by atoms with van der Waals surface area (Å²) in [6, 6.07) is 4.66. The summed E-state index contributed by atoms with van der Waals surface area (Å²) in [6.45, 7) is 7.09. The Labute approximate surface area is 101 Å². The van der Waals surface area contributed by atoms with Gasteiger partial charge in [-0.25, -0.2) is 4.79 Å². The summed E-state index contributed by atoms with van der Waals surface area (Å²) in [6.07, 6.45) is 0. The zero-order chi connectivity index (χ0) is 13.4. The predicted octanol–water partition coefficient (Wildman–Crippen LogP) is 1.98. The van der Waals surface area contributed by atoms with Crippen LogP contribution < -0.4 is 0 Å². The molecule has 1 atom stereocenters. The highest BCUT2D eigenvalue weighted by molar-refractivity contribution is 5.79. The first-order valence-corrected chi connectivity index (χ1v) is 5.36. The van der Waals surface area contributed by atoms with Gasteiger partial charge in [0.05, 0.1) is 0 Å². The summed E-state index contributed by atoms with van der Waals surface area (Å²) < 4.78 is 0. The predicted molar refractivity (Wildman–Crippen MR) is 64.0 cm³/mol. The monoisotopic (exact) mass is 238 g/mol. The third-order valence-electron chi connectivity index (χ3n) is 2.80. The number of benzene rings is 1. The van der Waals surface area contributed by atoms with Crippen LogP contribution in [0.2, 0.25) is 0 Å². The Morgan fingerprint density at radius 1 is 1.18 bits per heavy atom. The van der Waals surface area contributed by atoms with Crippen LogP contribution in [-0.4, -0.2) is 21.3 Å². The number of hydrogen-bond acceptors (Lipinski definition) is 3. The minimum atomic E-state index is -2.08. The number of phenolic OH excluding ortho intramolecular Hbond substituents is 1. The van der Waals surface area contributed by atoms with Crippen LogP contribution >= 0.6 is 0 Å². The number of aliphatic carboxylic acids is 1. The number of carboxylic acid groups (broad SMARTS) is 1. The molecule has 0 aliphatic heterocycles. The lowest BCUT2D eigenvalue weighted by Gasteiger charge is -2.23. The first-order valence-electron chi connectivity index (χ1n) is 5.36. The van der Waals surface area contributed by atoms with Crippen molar-refractivity contribution in [3.8, 4) is 5.75 Å². The van der Waals surface area contributed by atoms with Crippen molar-refractivity contribution in [2.24, 2.45) is 0 Å². The number of carbonyl (C=O) groups is 1. The van der Waals surface area contributed by atoms with Gasteiger partial charge >= 0.3 is 5.97 Å². The van der Waals surface area contributed by atoms with E-state index in [1.165, 1.54) is 12.1 Å². The van der Waals surface area contributed by atoms with Gasteiger partial charge in [-0.3, -0.25) is 0 Å². The molecule has 0 saturated carbocycles. The topological polar surface area (TPSA) is 77.8 Å². The molecule has 0 aliphatic rings. The summed E-state index contributed by atoms with van der Waals surface area (Å²) >= 11 is 0. The zero-order valence-corrected chi connectivity index (χ0v) is 10.5. The zero-order valence-electron chi connectivity index (χ0n) is 10.5. The molecule has 0 bridgehead atoms. The summed E-state index contributed by atoms with van der Waals surface area (Å²) in [7, 11) is 0. The molecule has 4 nitrogen and oxygen atoms in total. The van der Waals surface area contributed by atoms with E-state index in [2.05, 4.69) is 0 Å². The molecule has 17 heavy (non-hydrogen) atoms. The van der Waals surface area contributed by atoms with Crippen LogP contribution in [0.3, 0.4) is 0 Å². The maximum absolute atomic E-state index is 10.9. The second-order valence-corrected chi connectivity index (χ2v) is 5.36. The number of rotatable bonds is 2. The molecule has 0 heterocycles. The van der Waals surface area contributed by atoms with Crippen LogP contribution in [-0.2, 0) is 15.8 Å². The number of hydrogen-bond donors (Lipinski definition) is 3. The molecule has 4 heteroatoms. The van der Waals surface area contributed by atoms with Crippen molar-refractivity contribution in [1.82, 2.24) is 0 Å². The fraction of sp³-hybridized carbons (Fsp3) is 0.462. The van der Waals surface area contributed by atoms with Crippen molar-refractivity contribution in [1.29, 1.82) is 0 Å². The summed E-state index contributed by atoms with van der Waals surface area (Å²) in [5, 5.41) is 28.5. The van der Waals surface area contributed by atoms with Crippen molar-refractivity contribution < 1.29 is 20.1 Å². The van der Waals surface area contributed by atoms with Gasteiger partial charge in [0.1, 0.15) is 5.75 Å². The molecular weight excluding hydrogens is 220 g/mol. The third kappa shape index (κ3) is 2.58. The highest BCUT2D eigenvalue weighted by Crippen LogP contribution is 2.33. The molecule has 0 aliphatic carbocycles. The first-order chi connectivity index (χ1) is 7.56. The lowest BCUT2D eigenvalue weighted by atomic mass is 9.84. The number of carboxylic acids is 1. The van der Waals surface area contributed by atoms with Gasteiger partial charge in [-0.2, -0.15) is 0 Å². The third-order valence-corrected chi connectivity index (χ3v) is 2.80. The van der Waals surface area contributed by atoms with Crippen LogP contribution in [0.15, 0.2) is 18.2 Å². The van der Waals surface area contributed by atoms with E-state index in [0.717, 1.165) is 12.5 Å². The van der Waals surface area contributed by atoms with Gasteiger partial charge in [0.25, 0.3) is 0 Å². The maximum atomic E-state index is 10.9. The normalized spacial score (nSPS) is 15.4. The average molecular weight is 238 g/mol. The molecule has 0 aromatic heterocycles. The van der Waals surface area contributed by atoms with E-state index in [1.54, 1.807) is 6.07 Å². The van der Waals surface area contributed by atoms with Crippen molar-refractivity contribution in [2.75, 3.05) is 0 Å². The standard InChI is InChI=1S/C13H18O4/c1-12(2,3)8-5-6-9(10(14)7-8)13(4,17)11(15)16/h5-7,14,17H,1-4H3,(H,15,16). The SMILES string of the molecule is CC(C)(C)c1ccc(C(C)(O)C(=O)O)c(O)c1. The van der Waals surface area contributed by atoms with E-state index < -0.39 is 11.6 Å². The van der Waals surface area contributed by atoms with E-state index in [1.807, 2.05) is 20.8 Å². The Morgan fingerprint density at radius 3 is 2.06 bits per heavy atom. The molecule has 1 rings (SSSR count). The van der Waals surface area contributed by atoms with E-state index in [9.17, 15) is 15.0 Å². The van der Waals surface area contributed by atoms with Gasteiger partial charge in [-0.1, -0.05) is 32.9 Å². The van der Waals surface area contributed by atoms with Gasteiger partial charge in [-0.05, 0) is 24.0 Å². The molecule has 0 amide bonds. The van der Waals surface area contributed by atoms with Crippen LogP contribution in [0, 0.1) is 0 Å². The fourth-order valence-electron chi connectivity index (χ4n) is 1.53. The Hall–Kier alpha value is -1.55. The Balaban J connectivity index is 3.29. The minimum Gasteiger partial charge on any atom is -0.508 e. The smallest absolute Gasteiger partial charge is 0.340 e. The lowest BCUT2D eigenvalue weighted by Crippen LogP contribution is -2.32. The molecule has 0 fully saturated rings. The molecular formula is C13H18O4. The molecule has 0 saturated heterocycles. The van der Waals surface area contributed by atoms with Crippen LogP contribution in [0.1, 0.15) is 38.8 Å². The summed E-state index contributed by atoms with van der Waals surface area (Å²) in [4.78, 5) is 10.9. The molecule has 94 valence electrons.